The number of fused-ring (bicyclic) bond motifs is 2. The Morgan fingerprint density at radius 1 is 1.22 bits per heavy atom. The Kier molecular flexibility index (Phi) is 7.76. The van der Waals surface area contributed by atoms with Crippen LogP contribution < -0.4 is 10.1 Å². The number of carbonyl (C=O) groups excluding carboxylic acids is 1. The minimum Gasteiger partial charge on any atom is -0.464 e. The highest BCUT2D eigenvalue weighted by molar-refractivity contribution is 7.13. The lowest BCUT2D eigenvalue weighted by molar-refractivity contribution is 0.0814. The van der Waals surface area contributed by atoms with E-state index in [2.05, 4.69) is 27.1 Å². The van der Waals surface area contributed by atoms with Gasteiger partial charge in [-0.2, -0.15) is 0 Å². The van der Waals surface area contributed by atoms with Crippen molar-refractivity contribution in [2.45, 2.75) is 64.0 Å². The first kappa shape index (κ1) is 25.0. The van der Waals surface area contributed by atoms with E-state index in [-0.39, 0.29) is 18.0 Å². The number of ether oxygens (including phenoxy) is 1. The van der Waals surface area contributed by atoms with E-state index in [1.54, 1.807) is 6.20 Å². The van der Waals surface area contributed by atoms with E-state index in [0.717, 1.165) is 73.1 Å². The Hall–Kier alpha value is -2.65. The van der Waals surface area contributed by atoms with Crippen molar-refractivity contribution in [1.29, 1.82) is 0 Å². The maximum atomic E-state index is 13.0. The zero-order valence-electron chi connectivity index (χ0n) is 20.5. The number of hydrogen-bond acceptors (Lipinski definition) is 6. The van der Waals surface area contributed by atoms with E-state index < -0.39 is 13.0 Å². The molecule has 2 aromatic heterocycles. The number of nitrogens with one attached hydrogen (secondary N) is 1. The molecule has 5 rings (SSSR count). The Balaban J connectivity index is 1.09. The molecule has 1 unspecified atom stereocenters. The summed E-state index contributed by atoms with van der Waals surface area (Å²) < 4.78 is 30.1. The number of hydrogen-bond donors (Lipinski definition) is 1. The number of amides is 1. The molecule has 1 amide bonds. The van der Waals surface area contributed by atoms with Gasteiger partial charge in [0.1, 0.15) is 0 Å². The third-order valence-corrected chi connectivity index (χ3v) is 8.55. The maximum Gasteiger partial charge on any atom is 0.273 e. The van der Waals surface area contributed by atoms with Crippen LogP contribution in [-0.4, -0.2) is 52.9 Å². The number of carbonyl (C=O) groups is 1. The van der Waals surface area contributed by atoms with Crippen molar-refractivity contribution in [1.82, 2.24) is 20.2 Å². The lowest BCUT2D eigenvalue weighted by Gasteiger charge is -2.35. The van der Waals surface area contributed by atoms with E-state index in [1.807, 2.05) is 30.3 Å². The van der Waals surface area contributed by atoms with Gasteiger partial charge in [0.05, 0.1) is 17.3 Å². The fourth-order valence-electron chi connectivity index (χ4n) is 5.47. The summed E-state index contributed by atoms with van der Waals surface area (Å²) in [7, 11) is 0. The summed E-state index contributed by atoms with van der Waals surface area (Å²) in [5.41, 5.74) is 2.50. The molecule has 9 heteroatoms. The summed E-state index contributed by atoms with van der Waals surface area (Å²) in [4.78, 5) is 25.4. The van der Waals surface area contributed by atoms with Crippen molar-refractivity contribution >= 4 is 28.1 Å². The molecule has 6 nitrogen and oxygen atoms in total. The fraction of sp³-hybridized carbons (Fsp3) is 0.519. The first-order chi connectivity index (χ1) is 17.5. The Morgan fingerprint density at radius 2 is 2.06 bits per heavy atom. The zero-order chi connectivity index (χ0) is 25.1. The Morgan fingerprint density at radius 3 is 2.86 bits per heavy atom. The normalized spacial score (nSPS) is 22.5. The third kappa shape index (κ3) is 5.67. The molecule has 1 atom stereocenters. The van der Waals surface area contributed by atoms with Gasteiger partial charge in [-0.05, 0) is 76.1 Å². The lowest BCUT2D eigenvalue weighted by atomic mass is 9.83. The predicted molar refractivity (Wildman–Crippen MR) is 137 cm³/mol. The van der Waals surface area contributed by atoms with Crippen LogP contribution in [0.5, 0.6) is 5.19 Å². The third-order valence-electron chi connectivity index (χ3n) is 7.51. The Labute approximate surface area is 214 Å². The van der Waals surface area contributed by atoms with Crippen molar-refractivity contribution in [3.8, 4) is 5.19 Å². The van der Waals surface area contributed by atoms with E-state index >= 15 is 0 Å². The number of benzene rings is 1. The van der Waals surface area contributed by atoms with Crippen molar-refractivity contribution in [3.63, 3.8) is 0 Å². The van der Waals surface area contributed by atoms with Crippen molar-refractivity contribution in [3.05, 3.63) is 52.7 Å². The average Bonchev–Trinajstić information content (AvgIpc) is 3.32. The lowest BCUT2D eigenvalue weighted by Crippen LogP contribution is -2.39. The van der Waals surface area contributed by atoms with Crippen molar-refractivity contribution in [2.24, 2.45) is 5.92 Å². The molecule has 2 aliphatic rings. The van der Waals surface area contributed by atoms with Crippen molar-refractivity contribution in [2.75, 3.05) is 19.7 Å². The maximum absolute atomic E-state index is 13.0. The summed E-state index contributed by atoms with van der Waals surface area (Å²) in [6.07, 6.45) is 5.47. The summed E-state index contributed by atoms with van der Waals surface area (Å²) in [5.74, 6) is 0.629. The van der Waals surface area contributed by atoms with Crippen LogP contribution in [0.2, 0.25) is 0 Å². The van der Waals surface area contributed by atoms with Gasteiger partial charge >= 0.3 is 0 Å². The van der Waals surface area contributed by atoms with E-state index in [9.17, 15) is 13.6 Å². The number of aromatic nitrogens is 2. The van der Waals surface area contributed by atoms with Crippen LogP contribution >= 0.6 is 11.3 Å². The minimum absolute atomic E-state index is 0.0184. The number of pyridine rings is 1. The summed E-state index contributed by atoms with van der Waals surface area (Å²) in [5, 5.41) is 4.49. The summed E-state index contributed by atoms with van der Waals surface area (Å²) in [6.45, 7) is 3.49. The van der Waals surface area contributed by atoms with E-state index in [1.165, 1.54) is 11.3 Å². The van der Waals surface area contributed by atoms with Crippen LogP contribution in [-0.2, 0) is 6.42 Å². The smallest absolute Gasteiger partial charge is 0.273 e. The van der Waals surface area contributed by atoms with Gasteiger partial charge in [0, 0.05) is 34.6 Å². The van der Waals surface area contributed by atoms with Crippen LogP contribution in [0.15, 0.2) is 36.5 Å². The molecule has 0 spiro atoms. The molecule has 0 radical (unpaired) electrons. The second-order valence-electron chi connectivity index (χ2n) is 9.81. The molecule has 1 saturated carbocycles. The first-order valence-corrected chi connectivity index (χ1v) is 13.6. The van der Waals surface area contributed by atoms with Gasteiger partial charge in [0.15, 0.2) is 6.61 Å². The van der Waals surface area contributed by atoms with Crippen LogP contribution in [0.4, 0.5) is 8.78 Å². The monoisotopic (exact) mass is 514 g/mol. The predicted octanol–water partition coefficient (Wildman–Crippen LogP) is 5.63. The second-order valence-corrected chi connectivity index (χ2v) is 10.9. The molecule has 36 heavy (non-hydrogen) atoms. The van der Waals surface area contributed by atoms with Crippen LogP contribution in [0.1, 0.15) is 66.0 Å². The van der Waals surface area contributed by atoms with Gasteiger partial charge in [-0.15, -0.1) is 0 Å². The SMILES string of the molecule is CC1c2nc(OCC(F)F)sc2CCN1CC[C@H]1CC[C@H](NC(=O)c2cccc3ncccc23)CC1. The molecule has 0 saturated heterocycles. The molecule has 1 N–H and O–H groups in total. The highest BCUT2D eigenvalue weighted by Gasteiger charge is 2.30. The number of nitrogens with zero attached hydrogens (tertiary/aromatic N) is 3. The number of alkyl halides is 2. The molecule has 1 aliphatic heterocycles. The number of halogens is 2. The fourth-order valence-corrected chi connectivity index (χ4v) is 6.46. The van der Waals surface area contributed by atoms with Gasteiger partial charge in [-0.3, -0.25) is 14.7 Å². The van der Waals surface area contributed by atoms with Crippen LogP contribution in [0.25, 0.3) is 10.9 Å². The number of thiazole rings is 1. The van der Waals surface area contributed by atoms with Gasteiger partial charge < -0.3 is 10.1 Å². The van der Waals surface area contributed by atoms with E-state index in [0.29, 0.717) is 16.7 Å². The molecule has 1 fully saturated rings. The van der Waals surface area contributed by atoms with Crippen molar-refractivity contribution < 1.29 is 18.3 Å². The van der Waals surface area contributed by atoms with Gasteiger partial charge in [0.25, 0.3) is 17.5 Å². The van der Waals surface area contributed by atoms with Gasteiger partial charge in [-0.25, -0.2) is 13.8 Å². The van der Waals surface area contributed by atoms with Gasteiger partial charge in [-0.1, -0.05) is 23.5 Å². The first-order valence-electron chi connectivity index (χ1n) is 12.8. The largest absolute Gasteiger partial charge is 0.464 e. The van der Waals surface area contributed by atoms with E-state index in [4.69, 9.17) is 4.74 Å². The Bertz CT molecular complexity index is 1190. The summed E-state index contributed by atoms with van der Waals surface area (Å²) >= 11 is 1.40. The second kappa shape index (κ2) is 11.2. The van der Waals surface area contributed by atoms with Crippen LogP contribution in [0, 0.1) is 5.92 Å². The standard InChI is InChI=1S/C27H32F2N4O2S/c1-17-25-23(36-27(32-25)35-16-24(28)29)12-15-33(17)14-11-18-7-9-19(10-8-18)31-26(34)21-4-2-6-22-20(21)5-3-13-30-22/h2-6,13,17-19,24H,7-12,14-16H2,1H3,(H,31,34)/t17?,18-,19-. The quantitative estimate of drug-likeness (QED) is 0.422. The topological polar surface area (TPSA) is 67.3 Å². The molecule has 0 bridgehead atoms. The minimum atomic E-state index is -2.49. The molecule has 1 aliphatic carbocycles. The summed E-state index contributed by atoms with van der Waals surface area (Å²) in [6, 6.07) is 9.86. The molecular formula is C27H32F2N4O2S. The van der Waals surface area contributed by atoms with Crippen LogP contribution in [0.3, 0.4) is 0 Å². The molecule has 3 aromatic rings. The molecular weight excluding hydrogens is 482 g/mol. The average molecular weight is 515 g/mol. The molecule has 192 valence electrons. The highest BCUT2D eigenvalue weighted by Crippen LogP contribution is 2.37. The molecule has 1 aromatic carbocycles. The van der Waals surface area contributed by atoms with Gasteiger partial charge in [0.2, 0.25) is 0 Å². The number of rotatable bonds is 8. The highest BCUT2D eigenvalue weighted by atomic mass is 32.1. The molecule has 3 heterocycles. The zero-order valence-corrected chi connectivity index (χ0v) is 21.3.